The van der Waals surface area contributed by atoms with Gasteiger partial charge in [0.25, 0.3) is 0 Å². The van der Waals surface area contributed by atoms with E-state index in [0.29, 0.717) is 28.8 Å². The molecule has 0 fully saturated rings. The van der Waals surface area contributed by atoms with Gasteiger partial charge in [-0.1, -0.05) is 23.7 Å². The molecule has 3 aromatic rings. The van der Waals surface area contributed by atoms with E-state index in [4.69, 9.17) is 20.8 Å². The second kappa shape index (κ2) is 9.29. The smallest absolute Gasteiger partial charge is 0.237 e. The first-order chi connectivity index (χ1) is 13.4. The molecule has 0 bridgehead atoms. The third kappa shape index (κ3) is 4.88. The molecule has 0 radical (unpaired) electrons. The van der Waals surface area contributed by atoms with Crippen LogP contribution in [0.2, 0.25) is 5.02 Å². The highest BCUT2D eigenvalue weighted by Crippen LogP contribution is 2.31. The number of aryl methyl sites for hydroxylation is 1. The van der Waals surface area contributed by atoms with Crippen molar-refractivity contribution in [2.45, 2.75) is 20.5 Å². The van der Waals surface area contributed by atoms with Crippen molar-refractivity contribution in [2.75, 3.05) is 0 Å². The van der Waals surface area contributed by atoms with Crippen molar-refractivity contribution >= 4 is 68.9 Å². The highest BCUT2D eigenvalue weighted by Gasteiger charge is 2.13. The van der Waals surface area contributed by atoms with E-state index < -0.39 is 0 Å². The van der Waals surface area contributed by atoms with Crippen LogP contribution in [0, 0.1) is 32.3 Å². The summed E-state index contributed by atoms with van der Waals surface area (Å²) in [6.45, 7) is 4.15. The largest absolute Gasteiger partial charge is 0.487 e. The molecule has 0 aliphatic heterocycles. The van der Waals surface area contributed by atoms with Crippen molar-refractivity contribution in [2.24, 2.45) is 4.99 Å². The lowest BCUT2D eigenvalue weighted by Crippen LogP contribution is -2.00. The molecule has 3 rings (SSSR count). The molecule has 0 saturated heterocycles. The molecule has 7 heteroatoms. The van der Waals surface area contributed by atoms with Gasteiger partial charge in [0.05, 0.1) is 7.14 Å². The van der Waals surface area contributed by atoms with Crippen molar-refractivity contribution in [1.82, 2.24) is 0 Å². The lowest BCUT2D eigenvalue weighted by atomic mass is 10.2. The maximum absolute atomic E-state index is 9.29. The standard InChI is InChI=1S/C21H15ClI2N2O2/c1-12-13(2)28-21(17(12)9-25)26-10-15-7-18(23)20(19(24)8-15)27-11-14-3-5-16(22)6-4-14/h3-8,10H,11H2,1-2H3. The summed E-state index contributed by atoms with van der Waals surface area (Å²) in [4.78, 5) is 4.37. The van der Waals surface area contributed by atoms with Crippen LogP contribution >= 0.6 is 56.8 Å². The van der Waals surface area contributed by atoms with Gasteiger partial charge in [0, 0.05) is 16.8 Å². The van der Waals surface area contributed by atoms with E-state index in [-0.39, 0.29) is 0 Å². The van der Waals surface area contributed by atoms with E-state index in [0.717, 1.165) is 29.6 Å². The van der Waals surface area contributed by atoms with Crippen LogP contribution in [-0.4, -0.2) is 6.21 Å². The zero-order valence-corrected chi connectivity index (χ0v) is 20.2. The predicted molar refractivity (Wildman–Crippen MR) is 128 cm³/mol. The fraction of sp³-hybridized carbons (Fsp3) is 0.143. The number of hydrogen-bond donors (Lipinski definition) is 0. The quantitative estimate of drug-likeness (QED) is 0.230. The molecule has 0 atom stereocenters. The molecule has 0 aliphatic carbocycles. The van der Waals surface area contributed by atoms with Crippen LogP contribution in [0.3, 0.4) is 0 Å². The topological polar surface area (TPSA) is 58.5 Å². The van der Waals surface area contributed by atoms with Crippen molar-refractivity contribution in [3.63, 3.8) is 0 Å². The molecule has 0 amide bonds. The Bertz CT molecular complexity index is 1060. The van der Waals surface area contributed by atoms with Crippen LogP contribution < -0.4 is 4.74 Å². The van der Waals surface area contributed by atoms with Crippen LogP contribution in [-0.2, 0) is 6.61 Å². The lowest BCUT2D eigenvalue weighted by Gasteiger charge is -2.11. The van der Waals surface area contributed by atoms with Crippen LogP contribution in [0.5, 0.6) is 5.75 Å². The molecule has 0 N–H and O–H groups in total. The van der Waals surface area contributed by atoms with Crippen LogP contribution in [0.25, 0.3) is 0 Å². The fourth-order valence-electron chi connectivity index (χ4n) is 2.49. The Labute approximate surface area is 195 Å². The zero-order valence-electron chi connectivity index (χ0n) is 15.1. The minimum Gasteiger partial charge on any atom is -0.487 e. The average molecular weight is 617 g/mol. The summed E-state index contributed by atoms with van der Waals surface area (Å²) in [6.07, 6.45) is 1.70. The van der Waals surface area contributed by atoms with E-state index >= 15 is 0 Å². The van der Waals surface area contributed by atoms with Gasteiger partial charge in [-0.3, -0.25) is 0 Å². The fourth-order valence-corrected chi connectivity index (χ4v) is 4.75. The Balaban J connectivity index is 1.79. The van der Waals surface area contributed by atoms with Gasteiger partial charge in [-0.15, -0.1) is 0 Å². The molecule has 0 aliphatic rings. The number of furan rings is 1. The Morgan fingerprint density at radius 2 is 1.82 bits per heavy atom. The molecule has 0 spiro atoms. The van der Waals surface area contributed by atoms with Crippen molar-refractivity contribution in [3.05, 3.63) is 76.6 Å². The molecule has 4 nitrogen and oxygen atoms in total. The van der Waals surface area contributed by atoms with Crippen molar-refractivity contribution in [1.29, 1.82) is 5.26 Å². The predicted octanol–water partition coefficient (Wildman–Crippen LogP) is 6.96. The number of rotatable bonds is 5. The minimum absolute atomic E-state index is 0.339. The third-order valence-electron chi connectivity index (χ3n) is 4.13. The molecule has 1 aromatic heterocycles. The maximum atomic E-state index is 9.29. The second-order valence-corrected chi connectivity index (χ2v) is 8.82. The van der Waals surface area contributed by atoms with Crippen LogP contribution in [0.15, 0.2) is 45.8 Å². The van der Waals surface area contributed by atoms with Gasteiger partial charge in [0.1, 0.15) is 29.7 Å². The minimum atomic E-state index is 0.339. The maximum Gasteiger partial charge on any atom is 0.237 e. The number of halogens is 3. The zero-order chi connectivity index (χ0) is 20.3. The monoisotopic (exact) mass is 616 g/mol. The summed E-state index contributed by atoms with van der Waals surface area (Å²) in [7, 11) is 0. The molecule has 2 aromatic carbocycles. The Morgan fingerprint density at radius 3 is 2.43 bits per heavy atom. The summed E-state index contributed by atoms with van der Waals surface area (Å²) in [5, 5.41) is 10.00. The van der Waals surface area contributed by atoms with Gasteiger partial charge in [0.15, 0.2) is 0 Å². The van der Waals surface area contributed by atoms with Gasteiger partial charge in [-0.2, -0.15) is 5.26 Å². The Hall–Kier alpha value is -1.57. The molecule has 28 heavy (non-hydrogen) atoms. The van der Waals surface area contributed by atoms with Gasteiger partial charge in [-0.05, 0) is 94.4 Å². The van der Waals surface area contributed by atoms with Gasteiger partial charge < -0.3 is 9.15 Å². The normalized spacial score (nSPS) is 11.0. The van der Waals surface area contributed by atoms with E-state index in [2.05, 4.69) is 56.2 Å². The van der Waals surface area contributed by atoms with Gasteiger partial charge in [0.2, 0.25) is 5.88 Å². The average Bonchev–Trinajstić information content (AvgIpc) is 2.94. The molecule has 0 unspecified atom stereocenters. The van der Waals surface area contributed by atoms with Crippen molar-refractivity contribution in [3.8, 4) is 11.8 Å². The molecular formula is C21H15ClI2N2O2. The Kier molecular flexibility index (Phi) is 7.01. The summed E-state index contributed by atoms with van der Waals surface area (Å²) in [6, 6.07) is 13.7. The number of hydrogen-bond acceptors (Lipinski definition) is 4. The number of benzene rings is 2. The molecule has 142 valence electrons. The molecular weight excluding hydrogens is 602 g/mol. The Morgan fingerprint density at radius 1 is 1.18 bits per heavy atom. The summed E-state index contributed by atoms with van der Waals surface area (Å²) >= 11 is 10.4. The first kappa shape index (κ1) is 21.1. The third-order valence-corrected chi connectivity index (χ3v) is 5.98. The first-order valence-electron chi connectivity index (χ1n) is 8.29. The van der Waals surface area contributed by atoms with Crippen LogP contribution in [0.1, 0.15) is 28.0 Å². The van der Waals surface area contributed by atoms with Crippen molar-refractivity contribution < 1.29 is 9.15 Å². The SMILES string of the molecule is Cc1oc(N=Cc2cc(I)c(OCc3ccc(Cl)cc3)c(I)c2)c(C#N)c1C. The highest BCUT2D eigenvalue weighted by atomic mass is 127. The number of aliphatic imine (C=N–C) groups is 1. The van der Waals surface area contributed by atoms with E-state index in [1.54, 1.807) is 6.21 Å². The second-order valence-electron chi connectivity index (χ2n) is 6.06. The van der Waals surface area contributed by atoms with Gasteiger partial charge in [-0.25, -0.2) is 4.99 Å². The van der Waals surface area contributed by atoms with E-state index in [1.165, 1.54) is 0 Å². The van der Waals surface area contributed by atoms with Crippen LogP contribution in [0.4, 0.5) is 5.88 Å². The van der Waals surface area contributed by atoms with Gasteiger partial charge >= 0.3 is 0 Å². The number of nitrogens with zero attached hydrogens (tertiary/aromatic N) is 2. The van der Waals surface area contributed by atoms with E-state index in [9.17, 15) is 5.26 Å². The number of ether oxygens (including phenoxy) is 1. The first-order valence-corrected chi connectivity index (χ1v) is 10.8. The summed E-state index contributed by atoms with van der Waals surface area (Å²) < 4.78 is 13.5. The summed E-state index contributed by atoms with van der Waals surface area (Å²) in [5.74, 6) is 1.88. The lowest BCUT2D eigenvalue weighted by molar-refractivity contribution is 0.302. The summed E-state index contributed by atoms with van der Waals surface area (Å²) in [5.41, 5.74) is 3.25. The number of nitriles is 1. The molecule has 0 saturated carbocycles. The molecule has 1 heterocycles. The van der Waals surface area contributed by atoms with E-state index in [1.807, 2.05) is 50.2 Å². The highest BCUT2D eigenvalue weighted by molar-refractivity contribution is 14.1.